The monoisotopic (exact) mass is 276 g/mol. The maximum atomic E-state index is 12.0. The van der Waals surface area contributed by atoms with E-state index in [0.717, 1.165) is 16.0 Å². The van der Waals surface area contributed by atoms with E-state index in [2.05, 4.69) is 0 Å². The van der Waals surface area contributed by atoms with Gasteiger partial charge in [-0.1, -0.05) is 18.2 Å². The lowest BCUT2D eigenvalue weighted by molar-refractivity contribution is 0.0527. The number of ether oxygens (including phenoxy) is 1. The number of aliphatic hydroxyl groups is 1. The standard InChI is InChI=1S/C15H16O3S/c1-2-18-15(17)13-6-4-3-5-12(13)14-11(7-9-16)8-10-19-14/h3-6,8,10,16H,2,7,9H2,1H3. The van der Waals surface area contributed by atoms with Gasteiger partial charge in [0.25, 0.3) is 0 Å². The van der Waals surface area contributed by atoms with Gasteiger partial charge in [0, 0.05) is 17.0 Å². The molecule has 1 heterocycles. The summed E-state index contributed by atoms with van der Waals surface area (Å²) in [5.41, 5.74) is 2.51. The van der Waals surface area contributed by atoms with Crippen LogP contribution in [0.2, 0.25) is 0 Å². The molecule has 2 aromatic rings. The van der Waals surface area contributed by atoms with Crippen LogP contribution in [0, 0.1) is 0 Å². The summed E-state index contributed by atoms with van der Waals surface area (Å²) in [6.07, 6.45) is 0.593. The first kappa shape index (κ1) is 13.8. The summed E-state index contributed by atoms with van der Waals surface area (Å²) in [4.78, 5) is 13.0. The van der Waals surface area contributed by atoms with E-state index in [1.54, 1.807) is 24.3 Å². The highest BCUT2D eigenvalue weighted by Gasteiger charge is 2.16. The number of carbonyl (C=O) groups is 1. The van der Waals surface area contributed by atoms with Gasteiger partial charge >= 0.3 is 5.97 Å². The molecule has 3 nitrogen and oxygen atoms in total. The molecule has 0 saturated carbocycles. The van der Waals surface area contributed by atoms with Crippen molar-refractivity contribution in [1.29, 1.82) is 0 Å². The van der Waals surface area contributed by atoms with Gasteiger partial charge in [-0.2, -0.15) is 0 Å². The van der Waals surface area contributed by atoms with Crippen molar-refractivity contribution in [3.05, 3.63) is 46.8 Å². The van der Waals surface area contributed by atoms with Gasteiger partial charge in [-0.3, -0.25) is 0 Å². The topological polar surface area (TPSA) is 46.5 Å². The Bertz CT molecular complexity index is 560. The molecule has 100 valence electrons. The Kier molecular flexibility index (Phi) is 4.71. The maximum absolute atomic E-state index is 12.0. The first-order chi connectivity index (χ1) is 9.27. The lowest BCUT2D eigenvalue weighted by Gasteiger charge is -2.09. The number of esters is 1. The molecular weight excluding hydrogens is 260 g/mol. The number of rotatable bonds is 5. The highest BCUT2D eigenvalue weighted by Crippen LogP contribution is 2.32. The minimum Gasteiger partial charge on any atom is -0.462 e. The fourth-order valence-electron chi connectivity index (χ4n) is 1.96. The van der Waals surface area contributed by atoms with Crippen molar-refractivity contribution >= 4 is 17.3 Å². The van der Waals surface area contributed by atoms with Crippen LogP contribution in [0.5, 0.6) is 0 Å². The first-order valence-corrected chi connectivity index (χ1v) is 7.09. The van der Waals surface area contributed by atoms with E-state index in [9.17, 15) is 4.79 Å². The third-order valence-electron chi connectivity index (χ3n) is 2.79. The number of thiophene rings is 1. The van der Waals surface area contributed by atoms with Crippen molar-refractivity contribution < 1.29 is 14.6 Å². The molecule has 0 unspecified atom stereocenters. The van der Waals surface area contributed by atoms with Crippen LogP contribution >= 0.6 is 11.3 Å². The van der Waals surface area contributed by atoms with Crippen molar-refractivity contribution in [2.24, 2.45) is 0 Å². The molecule has 1 aromatic heterocycles. The van der Waals surface area contributed by atoms with Crippen molar-refractivity contribution in [2.75, 3.05) is 13.2 Å². The van der Waals surface area contributed by atoms with Crippen LogP contribution in [0.1, 0.15) is 22.8 Å². The minimum absolute atomic E-state index is 0.102. The number of hydrogen-bond donors (Lipinski definition) is 1. The van der Waals surface area contributed by atoms with Gasteiger partial charge in [0.05, 0.1) is 12.2 Å². The Morgan fingerprint density at radius 3 is 2.84 bits per heavy atom. The maximum Gasteiger partial charge on any atom is 0.338 e. The van der Waals surface area contributed by atoms with E-state index >= 15 is 0 Å². The van der Waals surface area contributed by atoms with Gasteiger partial charge in [-0.05, 0) is 36.4 Å². The van der Waals surface area contributed by atoms with Crippen LogP contribution in [0.4, 0.5) is 0 Å². The normalized spacial score (nSPS) is 10.4. The number of carbonyl (C=O) groups excluding carboxylic acids is 1. The molecule has 0 aliphatic heterocycles. The lowest BCUT2D eigenvalue weighted by Crippen LogP contribution is -2.06. The van der Waals surface area contributed by atoms with Crippen molar-refractivity contribution in [2.45, 2.75) is 13.3 Å². The van der Waals surface area contributed by atoms with Crippen LogP contribution in [0.3, 0.4) is 0 Å². The largest absolute Gasteiger partial charge is 0.462 e. The Hall–Kier alpha value is -1.65. The third kappa shape index (κ3) is 3.03. The molecule has 0 spiro atoms. The van der Waals surface area contributed by atoms with Crippen LogP contribution in [-0.4, -0.2) is 24.3 Å². The van der Waals surface area contributed by atoms with E-state index in [0.29, 0.717) is 18.6 Å². The summed E-state index contributed by atoms with van der Waals surface area (Å²) in [5, 5.41) is 11.1. The fraction of sp³-hybridized carbons (Fsp3) is 0.267. The molecule has 1 N–H and O–H groups in total. The highest BCUT2D eigenvalue weighted by molar-refractivity contribution is 7.13. The highest BCUT2D eigenvalue weighted by atomic mass is 32.1. The second kappa shape index (κ2) is 6.50. The first-order valence-electron chi connectivity index (χ1n) is 6.21. The zero-order valence-corrected chi connectivity index (χ0v) is 11.6. The molecule has 1 aromatic carbocycles. The average molecular weight is 276 g/mol. The molecule has 19 heavy (non-hydrogen) atoms. The second-order valence-electron chi connectivity index (χ2n) is 4.01. The van der Waals surface area contributed by atoms with Crippen LogP contribution in [0.25, 0.3) is 10.4 Å². The number of benzene rings is 1. The molecule has 0 saturated heterocycles. The second-order valence-corrected chi connectivity index (χ2v) is 4.93. The smallest absolute Gasteiger partial charge is 0.338 e. The van der Waals surface area contributed by atoms with Crippen LogP contribution in [-0.2, 0) is 11.2 Å². The average Bonchev–Trinajstić information content (AvgIpc) is 2.87. The molecule has 0 bridgehead atoms. The molecule has 0 radical (unpaired) electrons. The Labute approximate surface area is 116 Å². The molecule has 0 aliphatic rings. The van der Waals surface area contributed by atoms with Crippen molar-refractivity contribution in [1.82, 2.24) is 0 Å². The summed E-state index contributed by atoms with van der Waals surface area (Å²) in [5.74, 6) is -0.304. The molecule has 0 fully saturated rings. The minimum atomic E-state index is -0.304. The van der Waals surface area contributed by atoms with E-state index < -0.39 is 0 Å². The molecular formula is C15H16O3S. The Morgan fingerprint density at radius 2 is 2.11 bits per heavy atom. The fourth-order valence-corrected chi connectivity index (χ4v) is 2.95. The van der Waals surface area contributed by atoms with Gasteiger partial charge in [0.1, 0.15) is 0 Å². The lowest BCUT2D eigenvalue weighted by atomic mass is 10.0. The van der Waals surface area contributed by atoms with Gasteiger partial charge in [-0.25, -0.2) is 4.79 Å². The summed E-state index contributed by atoms with van der Waals surface area (Å²) in [6, 6.07) is 9.41. The van der Waals surface area contributed by atoms with Gasteiger partial charge < -0.3 is 9.84 Å². The summed E-state index contributed by atoms with van der Waals surface area (Å²) >= 11 is 1.57. The summed E-state index contributed by atoms with van der Waals surface area (Å²) < 4.78 is 5.08. The molecule has 0 amide bonds. The molecule has 0 atom stereocenters. The van der Waals surface area contributed by atoms with E-state index in [4.69, 9.17) is 9.84 Å². The molecule has 0 aliphatic carbocycles. The zero-order chi connectivity index (χ0) is 13.7. The Morgan fingerprint density at radius 1 is 1.32 bits per heavy atom. The van der Waals surface area contributed by atoms with E-state index in [-0.39, 0.29) is 12.6 Å². The van der Waals surface area contributed by atoms with Gasteiger partial charge in [-0.15, -0.1) is 11.3 Å². The Balaban J connectivity index is 2.44. The van der Waals surface area contributed by atoms with E-state index in [1.807, 2.05) is 29.6 Å². The molecule has 4 heteroatoms. The SMILES string of the molecule is CCOC(=O)c1ccccc1-c1sccc1CCO. The van der Waals surface area contributed by atoms with Crippen LogP contribution < -0.4 is 0 Å². The van der Waals surface area contributed by atoms with Gasteiger partial charge in [0.2, 0.25) is 0 Å². The van der Waals surface area contributed by atoms with E-state index in [1.165, 1.54) is 0 Å². The summed E-state index contributed by atoms with van der Waals surface area (Å²) in [7, 11) is 0. The third-order valence-corrected chi connectivity index (χ3v) is 3.78. The predicted octanol–water partition coefficient (Wildman–Crippen LogP) is 3.13. The summed E-state index contributed by atoms with van der Waals surface area (Å²) in [6.45, 7) is 2.26. The van der Waals surface area contributed by atoms with Crippen molar-refractivity contribution in [3.8, 4) is 10.4 Å². The van der Waals surface area contributed by atoms with Gasteiger partial charge in [0.15, 0.2) is 0 Å². The number of hydrogen-bond acceptors (Lipinski definition) is 4. The molecule has 2 rings (SSSR count). The van der Waals surface area contributed by atoms with Crippen molar-refractivity contribution in [3.63, 3.8) is 0 Å². The predicted molar refractivity (Wildman–Crippen MR) is 76.5 cm³/mol. The number of aliphatic hydroxyl groups excluding tert-OH is 1. The van der Waals surface area contributed by atoms with Crippen LogP contribution in [0.15, 0.2) is 35.7 Å². The quantitative estimate of drug-likeness (QED) is 0.853. The zero-order valence-electron chi connectivity index (χ0n) is 10.8.